The maximum Gasteiger partial charge on any atom is 0.161 e. The Bertz CT molecular complexity index is 554. The Kier molecular flexibility index (Phi) is 5.38. The highest BCUT2D eigenvalue weighted by Crippen LogP contribution is 2.29. The second-order valence-corrected chi connectivity index (χ2v) is 5.19. The molecule has 0 aliphatic heterocycles. The van der Waals surface area contributed by atoms with Crippen LogP contribution in [0.2, 0.25) is 0 Å². The summed E-state index contributed by atoms with van der Waals surface area (Å²) in [5.41, 5.74) is 1.74. The van der Waals surface area contributed by atoms with E-state index in [1.165, 1.54) is 0 Å². The van der Waals surface area contributed by atoms with Gasteiger partial charge in [-0.05, 0) is 31.0 Å². The maximum atomic E-state index is 9.15. The standard InChI is InChI=1S/C15H19NO3S/c1-3-15-16-12(10-20-15)9-19-13-6-5-11(8-17)7-14(13)18-4-2/h5-7,10,17H,3-4,8-9H2,1-2H3. The van der Waals surface area contributed by atoms with Crippen molar-refractivity contribution in [2.45, 2.75) is 33.5 Å². The molecule has 0 radical (unpaired) electrons. The molecule has 0 spiro atoms. The van der Waals surface area contributed by atoms with Gasteiger partial charge in [0.25, 0.3) is 0 Å². The van der Waals surface area contributed by atoms with E-state index in [2.05, 4.69) is 11.9 Å². The number of hydrogen-bond acceptors (Lipinski definition) is 5. The summed E-state index contributed by atoms with van der Waals surface area (Å²) >= 11 is 1.65. The van der Waals surface area contributed by atoms with Crippen molar-refractivity contribution in [1.82, 2.24) is 4.98 Å². The number of nitrogens with zero attached hydrogens (tertiary/aromatic N) is 1. The summed E-state index contributed by atoms with van der Waals surface area (Å²) in [7, 11) is 0. The highest BCUT2D eigenvalue weighted by Gasteiger charge is 2.08. The van der Waals surface area contributed by atoms with E-state index in [9.17, 15) is 0 Å². The van der Waals surface area contributed by atoms with Crippen molar-refractivity contribution in [1.29, 1.82) is 0 Å². The van der Waals surface area contributed by atoms with Crippen LogP contribution in [0, 0.1) is 0 Å². The van der Waals surface area contributed by atoms with Crippen LogP contribution >= 0.6 is 11.3 Å². The molecule has 4 nitrogen and oxygen atoms in total. The molecule has 108 valence electrons. The van der Waals surface area contributed by atoms with Crippen LogP contribution < -0.4 is 9.47 Å². The van der Waals surface area contributed by atoms with Crippen molar-refractivity contribution in [3.8, 4) is 11.5 Å². The molecule has 20 heavy (non-hydrogen) atoms. The molecule has 0 saturated carbocycles. The van der Waals surface area contributed by atoms with Gasteiger partial charge in [0.1, 0.15) is 6.61 Å². The topological polar surface area (TPSA) is 51.6 Å². The number of benzene rings is 1. The molecule has 1 aromatic heterocycles. The summed E-state index contributed by atoms with van der Waals surface area (Å²) in [6.45, 7) is 4.98. The predicted molar refractivity (Wildman–Crippen MR) is 79.4 cm³/mol. The Morgan fingerprint density at radius 2 is 2.05 bits per heavy atom. The number of aliphatic hydroxyl groups is 1. The Morgan fingerprint density at radius 3 is 2.70 bits per heavy atom. The Morgan fingerprint density at radius 1 is 1.20 bits per heavy atom. The number of hydrogen-bond donors (Lipinski definition) is 1. The minimum Gasteiger partial charge on any atom is -0.490 e. The number of ether oxygens (including phenoxy) is 2. The van der Waals surface area contributed by atoms with Gasteiger partial charge in [0.15, 0.2) is 11.5 Å². The van der Waals surface area contributed by atoms with Crippen LogP contribution in [-0.2, 0) is 19.6 Å². The van der Waals surface area contributed by atoms with Crippen LogP contribution in [0.4, 0.5) is 0 Å². The molecule has 0 bridgehead atoms. The quantitative estimate of drug-likeness (QED) is 0.852. The minimum atomic E-state index is -0.00764. The Labute approximate surface area is 123 Å². The average molecular weight is 293 g/mol. The summed E-state index contributed by atoms with van der Waals surface area (Å²) in [6, 6.07) is 5.46. The van der Waals surface area contributed by atoms with Crippen LogP contribution in [0.3, 0.4) is 0 Å². The van der Waals surface area contributed by atoms with Crippen molar-refractivity contribution < 1.29 is 14.6 Å². The Hall–Kier alpha value is -1.59. The molecular weight excluding hydrogens is 274 g/mol. The highest BCUT2D eigenvalue weighted by molar-refractivity contribution is 7.09. The van der Waals surface area contributed by atoms with Gasteiger partial charge in [-0.1, -0.05) is 13.0 Å². The van der Waals surface area contributed by atoms with E-state index in [0.717, 1.165) is 22.7 Å². The zero-order valence-corrected chi connectivity index (χ0v) is 12.6. The van der Waals surface area contributed by atoms with Gasteiger partial charge in [-0.25, -0.2) is 4.98 Å². The number of aliphatic hydroxyl groups excluding tert-OH is 1. The molecule has 0 fully saturated rings. The van der Waals surface area contributed by atoms with Crippen LogP contribution in [0.15, 0.2) is 23.6 Å². The van der Waals surface area contributed by atoms with Gasteiger partial charge >= 0.3 is 0 Å². The van der Waals surface area contributed by atoms with Crippen LogP contribution in [0.1, 0.15) is 30.1 Å². The van der Waals surface area contributed by atoms with Crippen LogP contribution in [0.25, 0.3) is 0 Å². The van der Waals surface area contributed by atoms with Crippen LogP contribution in [-0.4, -0.2) is 16.7 Å². The first-order valence-corrected chi connectivity index (χ1v) is 7.57. The minimum absolute atomic E-state index is 0.00764. The zero-order valence-electron chi connectivity index (χ0n) is 11.8. The second-order valence-electron chi connectivity index (χ2n) is 4.25. The maximum absolute atomic E-state index is 9.15. The van der Waals surface area contributed by atoms with Gasteiger partial charge in [0, 0.05) is 5.38 Å². The molecule has 0 saturated heterocycles. The number of aromatic nitrogens is 1. The molecule has 5 heteroatoms. The van der Waals surface area contributed by atoms with E-state index in [4.69, 9.17) is 14.6 Å². The van der Waals surface area contributed by atoms with Gasteiger partial charge in [0.05, 0.1) is 23.9 Å². The van der Waals surface area contributed by atoms with Gasteiger partial charge in [-0.3, -0.25) is 0 Å². The first-order valence-electron chi connectivity index (χ1n) is 6.69. The summed E-state index contributed by atoms with van der Waals surface area (Å²) in [5, 5.41) is 12.3. The van der Waals surface area contributed by atoms with Crippen LogP contribution in [0.5, 0.6) is 11.5 Å². The molecule has 0 amide bonds. The molecule has 0 unspecified atom stereocenters. The molecule has 1 N–H and O–H groups in total. The first-order chi connectivity index (χ1) is 9.76. The zero-order chi connectivity index (χ0) is 14.4. The normalized spacial score (nSPS) is 10.6. The smallest absolute Gasteiger partial charge is 0.161 e. The second kappa shape index (κ2) is 7.26. The molecule has 0 atom stereocenters. The molecule has 2 rings (SSSR count). The fourth-order valence-corrected chi connectivity index (χ4v) is 2.50. The van der Waals surface area contributed by atoms with Crippen molar-refractivity contribution in [3.05, 3.63) is 39.8 Å². The largest absolute Gasteiger partial charge is 0.490 e. The van der Waals surface area contributed by atoms with Gasteiger partial charge < -0.3 is 14.6 Å². The summed E-state index contributed by atoms with van der Waals surface area (Å²) < 4.78 is 11.3. The first kappa shape index (κ1) is 14.8. The summed E-state index contributed by atoms with van der Waals surface area (Å²) in [5.74, 6) is 1.33. The van der Waals surface area contributed by atoms with Crippen molar-refractivity contribution in [2.24, 2.45) is 0 Å². The van der Waals surface area contributed by atoms with E-state index >= 15 is 0 Å². The lowest BCUT2D eigenvalue weighted by Gasteiger charge is -2.12. The molecule has 2 aromatic rings. The lowest BCUT2D eigenvalue weighted by Crippen LogP contribution is -2.01. The number of rotatable bonds is 7. The SMILES string of the molecule is CCOc1cc(CO)ccc1OCc1csc(CC)n1. The third-order valence-electron chi connectivity index (χ3n) is 2.77. The van der Waals surface area contributed by atoms with Crippen molar-refractivity contribution in [3.63, 3.8) is 0 Å². The summed E-state index contributed by atoms with van der Waals surface area (Å²) in [6.07, 6.45) is 0.945. The Balaban J connectivity index is 2.07. The fourth-order valence-electron chi connectivity index (χ4n) is 1.77. The lowest BCUT2D eigenvalue weighted by atomic mass is 10.2. The van der Waals surface area contributed by atoms with Gasteiger partial charge in [0.2, 0.25) is 0 Å². The van der Waals surface area contributed by atoms with E-state index < -0.39 is 0 Å². The predicted octanol–water partition coefficient (Wildman–Crippen LogP) is 3.18. The monoisotopic (exact) mass is 293 g/mol. The van der Waals surface area contributed by atoms with Crippen molar-refractivity contribution >= 4 is 11.3 Å². The van der Waals surface area contributed by atoms with E-state index in [-0.39, 0.29) is 6.61 Å². The third-order valence-corrected chi connectivity index (χ3v) is 3.81. The van der Waals surface area contributed by atoms with Crippen molar-refractivity contribution in [2.75, 3.05) is 6.61 Å². The number of aryl methyl sites for hydroxylation is 1. The van der Waals surface area contributed by atoms with E-state index in [1.54, 1.807) is 17.4 Å². The van der Waals surface area contributed by atoms with E-state index in [1.807, 2.05) is 24.4 Å². The fraction of sp³-hybridized carbons (Fsp3) is 0.400. The third kappa shape index (κ3) is 3.71. The molecular formula is C15H19NO3S. The number of thiazole rings is 1. The van der Waals surface area contributed by atoms with Gasteiger partial charge in [-0.15, -0.1) is 11.3 Å². The average Bonchev–Trinajstić information content (AvgIpc) is 2.94. The van der Waals surface area contributed by atoms with Gasteiger partial charge in [-0.2, -0.15) is 0 Å². The van der Waals surface area contributed by atoms with E-state index in [0.29, 0.717) is 24.7 Å². The summed E-state index contributed by atoms with van der Waals surface area (Å²) in [4.78, 5) is 4.47. The lowest BCUT2D eigenvalue weighted by molar-refractivity contribution is 0.262. The highest BCUT2D eigenvalue weighted by atomic mass is 32.1. The molecule has 1 aromatic carbocycles. The molecule has 1 heterocycles. The molecule has 0 aliphatic rings. The molecule has 0 aliphatic carbocycles.